The van der Waals surface area contributed by atoms with Crippen molar-refractivity contribution in [2.24, 2.45) is 0 Å². The number of pyridine rings is 1. The molecule has 16 heavy (non-hydrogen) atoms. The van der Waals surface area contributed by atoms with Gasteiger partial charge in [0.1, 0.15) is 0 Å². The Labute approximate surface area is 104 Å². The molecule has 0 amide bonds. The maximum absolute atomic E-state index is 4.07. The second kappa shape index (κ2) is 4.97. The van der Waals surface area contributed by atoms with Gasteiger partial charge in [-0.15, -0.1) is 4.57 Å². The van der Waals surface area contributed by atoms with Crippen LogP contribution in [0.1, 0.15) is 17.5 Å². The molecule has 2 aromatic rings. The summed E-state index contributed by atoms with van der Waals surface area (Å²) in [6.45, 7) is 6.54. The normalized spacial score (nSPS) is 10.7. The van der Waals surface area contributed by atoms with Crippen LogP contribution in [0.25, 0.3) is 5.69 Å². The Bertz CT molecular complexity index is 477. The number of thiazole rings is 1. The Morgan fingerprint density at radius 1 is 1.31 bits per heavy atom. The molecule has 4 heteroatoms. The quantitative estimate of drug-likeness (QED) is 0.615. The van der Waals surface area contributed by atoms with Gasteiger partial charge in [0.25, 0.3) is 0 Å². The van der Waals surface area contributed by atoms with E-state index in [0.717, 1.165) is 5.75 Å². The molecule has 2 aromatic heterocycles. The van der Waals surface area contributed by atoms with Crippen molar-refractivity contribution in [1.29, 1.82) is 0 Å². The third kappa shape index (κ3) is 2.13. The van der Waals surface area contributed by atoms with Gasteiger partial charge in [0.05, 0.1) is 4.88 Å². The third-order valence-electron chi connectivity index (χ3n) is 2.46. The highest BCUT2D eigenvalue weighted by atomic mass is 32.2. The molecule has 0 unspecified atom stereocenters. The minimum Gasteiger partial charge on any atom is -0.264 e. The van der Waals surface area contributed by atoms with Gasteiger partial charge >= 0.3 is 4.34 Å². The van der Waals surface area contributed by atoms with Gasteiger partial charge in [-0.1, -0.05) is 18.3 Å². The molecule has 84 valence electrons. The van der Waals surface area contributed by atoms with Gasteiger partial charge in [0.2, 0.25) is 5.69 Å². The van der Waals surface area contributed by atoms with Gasteiger partial charge in [0, 0.05) is 37.2 Å². The molecule has 0 aromatic carbocycles. The van der Waals surface area contributed by atoms with Crippen LogP contribution in [-0.2, 0) is 0 Å². The zero-order valence-electron chi connectivity index (χ0n) is 9.73. The summed E-state index contributed by atoms with van der Waals surface area (Å²) in [5.41, 5.74) is 2.53. The molecule has 0 aliphatic heterocycles. The molecular weight excluding hydrogens is 236 g/mol. The molecule has 2 nitrogen and oxygen atoms in total. The molecular formula is C12H15N2S2+. The summed E-state index contributed by atoms with van der Waals surface area (Å²) in [6, 6.07) is 4.11. The van der Waals surface area contributed by atoms with Crippen molar-refractivity contribution in [3.8, 4) is 5.69 Å². The van der Waals surface area contributed by atoms with Crippen molar-refractivity contribution in [2.45, 2.75) is 25.1 Å². The van der Waals surface area contributed by atoms with Gasteiger partial charge in [-0.3, -0.25) is 4.98 Å². The van der Waals surface area contributed by atoms with E-state index in [4.69, 9.17) is 0 Å². The van der Waals surface area contributed by atoms with E-state index in [2.05, 4.69) is 42.5 Å². The largest absolute Gasteiger partial charge is 0.303 e. The molecule has 0 bridgehead atoms. The number of hydrogen-bond donors (Lipinski definition) is 0. The average Bonchev–Trinajstić information content (AvgIpc) is 2.57. The molecule has 2 rings (SSSR count). The summed E-state index contributed by atoms with van der Waals surface area (Å²) in [5, 5.41) is 0. The summed E-state index contributed by atoms with van der Waals surface area (Å²) in [5.74, 6) is 1.10. The Kier molecular flexibility index (Phi) is 3.61. The number of aromatic nitrogens is 2. The smallest absolute Gasteiger partial charge is 0.264 e. The van der Waals surface area contributed by atoms with Crippen LogP contribution in [0.3, 0.4) is 0 Å². The van der Waals surface area contributed by atoms with Gasteiger partial charge in [-0.2, -0.15) is 0 Å². The Morgan fingerprint density at radius 2 is 2.00 bits per heavy atom. The SMILES string of the molecule is CCSc1sc(C)c(C)[n+]1-c1ccncc1. The lowest BCUT2D eigenvalue weighted by atomic mass is 10.3. The predicted molar refractivity (Wildman–Crippen MR) is 69.5 cm³/mol. The van der Waals surface area contributed by atoms with E-state index < -0.39 is 0 Å². The highest BCUT2D eigenvalue weighted by Crippen LogP contribution is 2.26. The molecule has 0 spiro atoms. The fraction of sp³-hybridized carbons (Fsp3) is 0.333. The van der Waals surface area contributed by atoms with Gasteiger partial charge < -0.3 is 0 Å². The monoisotopic (exact) mass is 251 g/mol. The minimum atomic E-state index is 1.10. The Balaban J connectivity index is 2.54. The van der Waals surface area contributed by atoms with Crippen molar-refractivity contribution in [1.82, 2.24) is 4.98 Å². The number of nitrogens with zero attached hydrogens (tertiary/aromatic N) is 2. The van der Waals surface area contributed by atoms with Crippen LogP contribution in [0.5, 0.6) is 0 Å². The zero-order valence-corrected chi connectivity index (χ0v) is 11.4. The molecule has 2 heterocycles. The Hall–Kier alpha value is -0.870. The molecule has 0 aliphatic carbocycles. The van der Waals surface area contributed by atoms with Crippen LogP contribution < -0.4 is 4.57 Å². The first kappa shape index (κ1) is 11.6. The van der Waals surface area contributed by atoms with Crippen LogP contribution in [0.15, 0.2) is 28.9 Å². The first-order valence-electron chi connectivity index (χ1n) is 5.29. The standard InChI is InChI=1S/C12H15N2S2/c1-4-15-12-14(9(2)10(3)16-12)11-5-7-13-8-6-11/h5-8H,4H2,1-3H3/q+1. The highest BCUT2D eigenvalue weighted by Gasteiger charge is 2.22. The van der Waals surface area contributed by atoms with E-state index in [-0.39, 0.29) is 0 Å². The molecule has 0 N–H and O–H groups in total. The topological polar surface area (TPSA) is 16.8 Å². The van der Waals surface area contributed by atoms with Crippen LogP contribution >= 0.6 is 23.1 Å². The molecule has 0 saturated heterocycles. The maximum atomic E-state index is 4.07. The molecule has 0 radical (unpaired) electrons. The van der Waals surface area contributed by atoms with Crippen molar-refractivity contribution in [3.05, 3.63) is 35.1 Å². The lowest BCUT2D eigenvalue weighted by Crippen LogP contribution is -2.33. The summed E-state index contributed by atoms with van der Waals surface area (Å²) >= 11 is 3.76. The van der Waals surface area contributed by atoms with Crippen molar-refractivity contribution in [2.75, 3.05) is 5.75 Å². The third-order valence-corrected chi connectivity index (χ3v) is 4.74. The number of thioether (sulfide) groups is 1. The average molecular weight is 251 g/mol. The van der Waals surface area contributed by atoms with Gasteiger partial charge in [-0.25, -0.2) is 0 Å². The lowest BCUT2D eigenvalue weighted by Gasteiger charge is -1.97. The summed E-state index contributed by atoms with van der Waals surface area (Å²) in [4.78, 5) is 5.45. The zero-order chi connectivity index (χ0) is 11.5. The lowest BCUT2D eigenvalue weighted by molar-refractivity contribution is -0.635. The van der Waals surface area contributed by atoms with Crippen LogP contribution in [0.4, 0.5) is 0 Å². The second-order valence-corrected chi connectivity index (χ2v) is 6.20. The van der Waals surface area contributed by atoms with Crippen molar-refractivity contribution < 1.29 is 4.57 Å². The highest BCUT2D eigenvalue weighted by molar-refractivity contribution is 8.00. The molecule has 0 fully saturated rings. The summed E-state index contributed by atoms with van der Waals surface area (Å²) in [7, 11) is 0. The van der Waals surface area contributed by atoms with E-state index in [1.54, 1.807) is 0 Å². The predicted octanol–water partition coefficient (Wildman–Crippen LogP) is 3.15. The van der Waals surface area contributed by atoms with E-state index in [9.17, 15) is 0 Å². The van der Waals surface area contributed by atoms with Gasteiger partial charge in [0.15, 0.2) is 5.69 Å². The summed E-state index contributed by atoms with van der Waals surface area (Å²) in [6.07, 6.45) is 3.68. The number of aryl methyl sites for hydroxylation is 1. The number of hydrogen-bond acceptors (Lipinski definition) is 3. The number of rotatable bonds is 3. The van der Waals surface area contributed by atoms with E-state index in [1.807, 2.05) is 35.5 Å². The van der Waals surface area contributed by atoms with Crippen LogP contribution in [-0.4, -0.2) is 10.7 Å². The molecule has 0 aliphatic rings. The first-order chi connectivity index (χ1) is 7.74. The fourth-order valence-electron chi connectivity index (χ4n) is 1.55. The van der Waals surface area contributed by atoms with E-state index >= 15 is 0 Å². The molecule has 0 atom stereocenters. The summed E-state index contributed by atoms with van der Waals surface area (Å²) < 4.78 is 3.67. The van der Waals surface area contributed by atoms with E-state index in [1.165, 1.54) is 20.6 Å². The Morgan fingerprint density at radius 3 is 2.62 bits per heavy atom. The fourth-order valence-corrected chi connectivity index (χ4v) is 3.97. The van der Waals surface area contributed by atoms with Crippen LogP contribution in [0.2, 0.25) is 0 Å². The van der Waals surface area contributed by atoms with Gasteiger partial charge in [-0.05, 0) is 18.7 Å². The van der Waals surface area contributed by atoms with Crippen molar-refractivity contribution >= 4 is 23.1 Å². The second-order valence-electron chi connectivity index (χ2n) is 3.48. The van der Waals surface area contributed by atoms with Crippen LogP contribution in [0, 0.1) is 13.8 Å². The van der Waals surface area contributed by atoms with Crippen molar-refractivity contribution in [3.63, 3.8) is 0 Å². The maximum Gasteiger partial charge on any atom is 0.303 e. The minimum absolute atomic E-state index is 1.10. The first-order valence-corrected chi connectivity index (χ1v) is 7.09. The van der Waals surface area contributed by atoms with E-state index in [0.29, 0.717) is 0 Å². The molecule has 0 saturated carbocycles.